The number of benzene rings is 2. The molecule has 0 aromatic heterocycles. The topological polar surface area (TPSA) is 51.1 Å². The Bertz CT molecular complexity index is 994. The van der Waals surface area contributed by atoms with Crippen LogP contribution in [0.2, 0.25) is 0 Å². The van der Waals surface area contributed by atoms with E-state index < -0.39 is 0 Å². The van der Waals surface area contributed by atoms with Gasteiger partial charge in [-0.15, -0.1) is 6.58 Å². The second kappa shape index (κ2) is 9.01. The van der Waals surface area contributed by atoms with Crippen LogP contribution in [0.25, 0.3) is 6.08 Å². The van der Waals surface area contributed by atoms with Gasteiger partial charge in [0.05, 0.1) is 24.8 Å². The molecular weight excluding hydrogens is 384 g/mol. The van der Waals surface area contributed by atoms with Gasteiger partial charge in [-0.25, -0.2) is 4.99 Å². The average Bonchev–Trinajstić information content (AvgIpc) is 2.97. The summed E-state index contributed by atoms with van der Waals surface area (Å²) in [7, 11) is 4.95. The molecule has 0 radical (unpaired) electrons. The number of amides is 1. The van der Waals surface area contributed by atoms with E-state index in [2.05, 4.69) is 11.6 Å². The van der Waals surface area contributed by atoms with Gasteiger partial charge in [-0.3, -0.25) is 9.69 Å². The summed E-state index contributed by atoms with van der Waals surface area (Å²) in [5, 5.41) is 0.650. The van der Waals surface area contributed by atoms with Gasteiger partial charge in [0.25, 0.3) is 5.91 Å². The number of hydrogen-bond acceptors (Lipinski definition) is 5. The maximum atomic E-state index is 12.7. The molecule has 0 N–H and O–H groups in total. The Morgan fingerprint density at radius 1 is 1.17 bits per heavy atom. The number of likely N-dealkylation sites (N-methyl/N-ethyl adjacent to an activating group) is 1. The summed E-state index contributed by atoms with van der Waals surface area (Å²) in [5.41, 5.74) is 3.80. The summed E-state index contributed by atoms with van der Waals surface area (Å²) in [6.07, 6.45) is 4.30. The van der Waals surface area contributed by atoms with Crippen molar-refractivity contribution in [3.63, 3.8) is 0 Å². The highest BCUT2D eigenvalue weighted by atomic mass is 32.2. The van der Waals surface area contributed by atoms with Gasteiger partial charge in [-0.05, 0) is 61.0 Å². The van der Waals surface area contributed by atoms with Crippen molar-refractivity contribution in [2.75, 3.05) is 21.3 Å². The maximum Gasteiger partial charge on any atom is 0.266 e. The molecule has 1 heterocycles. The molecule has 2 aromatic rings. The molecule has 1 amide bonds. The first-order valence-corrected chi connectivity index (χ1v) is 9.97. The highest BCUT2D eigenvalue weighted by Crippen LogP contribution is 2.37. The number of thioether (sulfide) groups is 1. The Morgan fingerprint density at radius 2 is 1.90 bits per heavy atom. The lowest BCUT2D eigenvalue weighted by Gasteiger charge is -2.13. The minimum Gasteiger partial charge on any atom is -0.493 e. The van der Waals surface area contributed by atoms with Crippen LogP contribution < -0.4 is 9.47 Å². The third-order valence-electron chi connectivity index (χ3n) is 4.50. The second-order valence-corrected chi connectivity index (χ2v) is 7.62. The van der Waals surface area contributed by atoms with E-state index in [-0.39, 0.29) is 5.91 Å². The molecule has 0 spiro atoms. The van der Waals surface area contributed by atoms with Crippen molar-refractivity contribution in [2.24, 2.45) is 4.99 Å². The summed E-state index contributed by atoms with van der Waals surface area (Å²) >= 11 is 1.36. The Morgan fingerprint density at radius 3 is 2.52 bits per heavy atom. The molecule has 0 atom stereocenters. The fraction of sp³-hybridized carbons (Fsp3) is 0.217. The molecule has 1 fully saturated rings. The molecule has 29 heavy (non-hydrogen) atoms. The van der Waals surface area contributed by atoms with Crippen molar-refractivity contribution in [1.29, 1.82) is 0 Å². The normalized spacial score (nSPS) is 16.6. The van der Waals surface area contributed by atoms with Crippen molar-refractivity contribution in [3.05, 3.63) is 70.6 Å². The molecule has 6 heteroatoms. The fourth-order valence-corrected chi connectivity index (χ4v) is 3.98. The number of methoxy groups -OCH3 is 2. The lowest BCUT2D eigenvalue weighted by atomic mass is 10.0. The van der Waals surface area contributed by atoms with Crippen LogP contribution in [0.15, 0.2) is 59.0 Å². The van der Waals surface area contributed by atoms with Crippen LogP contribution in [-0.4, -0.2) is 37.2 Å². The molecule has 0 saturated carbocycles. The summed E-state index contributed by atoms with van der Waals surface area (Å²) in [6.45, 7) is 5.83. The number of aliphatic imine (C=N–C) groups is 1. The van der Waals surface area contributed by atoms with E-state index in [0.29, 0.717) is 28.0 Å². The molecule has 0 aliphatic carbocycles. The molecule has 2 aromatic carbocycles. The quantitative estimate of drug-likeness (QED) is 0.500. The van der Waals surface area contributed by atoms with Crippen LogP contribution in [-0.2, 0) is 11.2 Å². The number of carbonyl (C=O) groups is 1. The Balaban J connectivity index is 1.96. The lowest BCUT2D eigenvalue weighted by molar-refractivity contribution is -0.121. The molecule has 0 bridgehead atoms. The summed E-state index contributed by atoms with van der Waals surface area (Å²) in [5.74, 6) is 1.22. The standard InChI is InChI=1S/C23H24N2O3S/c1-6-7-17-12-16(13-19(27-4)21(17)28-5)14-20-22(26)25(3)23(29-20)24-18-10-8-15(2)9-11-18/h6,8-14H,1,7H2,2-5H3/b20-14+,24-23?. The van der Waals surface area contributed by atoms with E-state index >= 15 is 0 Å². The van der Waals surface area contributed by atoms with Crippen LogP contribution in [0, 0.1) is 6.92 Å². The van der Waals surface area contributed by atoms with E-state index in [1.54, 1.807) is 26.2 Å². The number of rotatable bonds is 6. The van der Waals surface area contributed by atoms with Gasteiger partial charge >= 0.3 is 0 Å². The van der Waals surface area contributed by atoms with Crippen molar-refractivity contribution < 1.29 is 14.3 Å². The summed E-state index contributed by atoms with van der Waals surface area (Å²) in [4.78, 5) is 19.5. The molecule has 3 rings (SSSR count). The summed E-state index contributed by atoms with van der Waals surface area (Å²) < 4.78 is 11.0. The van der Waals surface area contributed by atoms with Gasteiger partial charge in [0.2, 0.25) is 0 Å². The van der Waals surface area contributed by atoms with E-state index in [1.807, 2.05) is 55.5 Å². The molecule has 1 saturated heterocycles. The zero-order valence-corrected chi connectivity index (χ0v) is 17.9. The molecule has 150 valence electrons. The minimum absolute atomic E-state index is 0.0825. The molecule has 1 aliphatic rings. The lowest BCUT2D eigenvalue weighted by Crippen LogP contribution is -2.23. The van der Waals surface area contributed by atoms with Crippen molar-refractivity contribution in [2.45, 2.75) is 13.3 Å². The van der Waals surface area contributed by atoms with E-state index in [4.69, 9.17) is 9.47 Å². The van der Waals surface area contributed by atoms with Crippen molar-refractivity contribution in [1.82, 2.24) is 4.90 Å². The Labute approximate surface area is 175 Å². The van der Waals surface area contributed by atoms with Crippen molar-refractivity contribution >= 4 is 34.6 Å². The van der Waals surface area contributed by atoms with Crippen LogP contribution in [0.3, 0.4) is 0 Å². The molecule has 5 nitrogen and oxygen atoms in total. The number of ether oxygens (including phenoxy) is 2. The second-order valence-electron chi connectivity index (χ2n) is 6.61. The average molecular weight is 409 g/mol. The van der Waals surface area contributed by atoms with Gasteiger partial charge in [-0.2, -0.15) is 0 Å². The van der Waals surface area contributed by atoms with Crippen LogP contribution in [0.5, 0.6) is 11.5 Å². The van der Waals surface area contributed by atoms with Gasteiger partial charge in [0, 0.05) is 12.6 Å². The highest BCUT2D eigenvalue weighted by Gasteiger charge is 2.30. The third-order valence-corrected chi connectivity index (χ3v) is 5.56. The number of carbonyl (C=O) groups excluding carboxylic acids is 1. The monoisotopic (exact) mass is 408 g/mol. The number of hydrogen-bond donors (Lipinski definition) is 0. The predicted octanol–water partition coefficient (Wildman–Crippen LogP) is 4.97. The Kier molecular flexibility index (Phi) is 6.44. The van der Waals surface area contributed by atoms with E-state index in [9.17, 15) is 4.79 Å². The van der Waals surface area contributed by atoms with Gasteiger partial charge in [-0.1, -0.05) is 23.8 Å². The summed E-state index contributed by atoms with van der Waals surface area (Å²) in [6, 6.07) is 11.7. The largest absolute Gasteiger partial charge is 0.493 e. The van der Waals surface area contributed by atoms with Crippen LogP contribution in [0.4, 0.5) is 5.69 Å². The smallest absolute Gasteiger partial charge is 0.266 e. The van der Waals surface area contributed by atoms with Gasteiger partial charge in [0.1, 0.15) is 0 Å². The SMILES string of the molecule is C=CCc1cc(/C=C2/SC(=Nc3ccc(C)cc3)N(C)C2=O)cc(OC)c1OC. The van der Waals surface area contributed by atoms with E-state index in [1.165, 1.54) is 17.3 Å². The first-order chi connectivity index (χ1) is 14.0. The zero-order chi connectivity index (χ0) is 21.0. The van der Waals surface area contributed by atoms with Crippen LogP contribution >= 0.6 is 11.8 Å². The molecule has 1 aliphatic heterocycles. The third kappa shape index (κ3) is 4.54. The first-order valence-electron chi connectivity index (χ1n) is 9.15. The van der Waals surface area contributed by atoms with Gasteiger partial charge in [0.15, 0.2) is 16.7 Å². The number of aryl methyl sites for hydroxylation is 1. The number of amidine groups is 1. The van der Waals surface area contributed by atoms with Crippen molar-refractivity contribution in [3.8, 4) is 11.5 Å². The minimum atomic E-state index is -0.0825. The van der Waals surface area contributed by atoms with Crippen LogP contribution in [0.1, 0.15) is 16.7 Å². The predicted molar refractivity (Wildman–Crippen MR) is 120 cm³/mol. The maximum absolute atomic E-state index is 12.7. The molecular formula is C23H24N2O3S. The first kappa shape index (κ1) is 20.7. The van der Waals surface area contributed by atoms with E-state index in [0.717, 1.165) is 16.8 Å². The van der Waals surface area contributed by atoms with Gasteiger partial charge < -0.3 is 9.47 Å². The zero-order valence-electron chi connectivity index (χ0n) is 17.1. The number of nitrogens with zero attached hydrogens (tertiary/aromatic N) is 2. The number of allylic oxidation sites excluding steroid dienone is 1. The highest BCUT2D eigenvalue weighted by molar-refractivity contribution is 8.18. The Hall–Kier alpha value is -2.99. The molecule has 0 unspecified atom stereocenters. The fourth-order valence-electron chi connectivity index (χ4n) is 2.99.